The van der Waals surface area contributed by atoms with E-state index in [1.54, 1.807) is 14.2 Å². The minimum atomic E-state index is 0.00815. The van der Waals surface area contributed by atoms with Crippen molar-refractivity contribution in [2.75, 3.05) is 27.4 Å². The van der Waals surface area contributed by atoms with Crippen LogP contribution in [0.4, 0.5) is 0 Å². The number of rotatable bonds is 4. The second-order valence-electron chi connectivity index (χ2n) is 4.54. The van der Waals surface area contributed by atoms with Gasteiger partial charge in [-0.3, -0.25) is 0 Å². The molecule has 0 saturated carbocycles. The highest BCUT2D eigenvalue weighted by atomic mass is 16.5. The van der Waals surface area contributed by atoms with Crippen molar-refractivity contribution in [2.45, 2.75) is 18.9 Å². The summed E-state index contributed by atoms with van der Waals surface area (Å²) in [6, 6.07) is 5.79. The number of ether oxygens (including phenoxy) is 3. The van der Waals surface area contributed by atoms with Gasteiger partial charge in [0.15, 0.2) is 0 Å². The Morgan fingerprint density at radius 3 is 2.83 bits per heavy atom. The summed E-state index contributed by atoms with van der Waals surface area (Å²) in [5.41, 5.74) is 6.88. The molecular weight excluding hydrogens is 230 g/mol. The van der Waals surface area contributed by atoms with Crippen LogP contribution in [-0.2, 0) is 4.74 Å². The van der Waals surface area contributed by atoms with Gasteiger partial charge in [-0.2, -0.15) is 0 Å². The molecule has 1 aliphatic heterocycles. The van der Waals surface area contributed by atoms with Gasteiger partial charge in [-0.05, 0) is 37.6 Å². The Morgan fingerprint density at radius 2 is 2.17 bits per heavy atom. The van der Waals surface area contributed by atoms with Crippen molar-refractivity contribution in [2.24, 2.45) is 11.7 Å². The monoisotopic (exact) mass is 251 g/mol. The highest BCUT2D eigenvalue weighted by Crippen LogP contribution is 2.39. The Balaban J connectivity index is 2.34. The van der Waals surface area contributed by atoms with E-state index in [1.165, 1.54) is 0 Å². The van der Waals surface area contributed by atoms with Crippen molar-refractivity contribution in [3.63, 3.8) is 0 Å². The van der Waals surface area contributed by atoms with Crippen molar-refractivity contribution in [1.29, 1.82) is 0 Å². The second kappa shape index (κ2) is 6.07. The Bertz CT molecular complexity index is 395. The van der Waals surface area contributed by atoms with Gasteiger partial charge in [-0.25, -0.2) is 0 Å². The van der Waals surface area contributed by atoms with Crippen molar-refractivity contribution in [1.82, 2.24) is 0 Å². The van der Waals surface area contributed by atoms with E-state index >= 15 is 0 Å². The van der Waals surface area contributed by atoms with Crippen LogP contribution in [0.3, 0.4) is 0 Å². The fourth-order valence-electron chi connectivity index (χ4n) is 2.49. The molecule has 2 unspecified atom stereocenters. The van der Waals surface area contributed by atoms with Crippen LogP contribution in [0.5, 0.6) is 11.5 Å². The van der Waals surface area contributed by atoms with Crippen LogP contribution >= 0.6 is 0 Å². The molecule has 1 heterocycles. The maximum atomic E-state index is 5.89. The van der Waals surface area contributed by atoms with Gasteiger partial charge in [0.1, 0.15) is 11.5 Å². The summed E-state index contributed by atoms with van der Waals surface area (Å²) in [5.74, 6) is 2.00. The smallest absolute Gasteiger partial charge is 0.124 e. The molecule has 1 aromatic carbocycles. The molecule has 2 atom stereocenters. The SMILES string of the molecule is COc1ccc(OC)c(C2OCCCC2CN)c1. The highest BCUT2D eigenvalue weighted by molar-refractivity contribution is 5.42. The summed E-state index contributed by atoms with van der Waals surface area (Å²) in [4.78, 5) is 0. The van der Waals surface area contributed by atoms with Crippen molar-refractivity contribution in [3.05, 3.63) is 23.8 Å². The van der Waals surface area contributed by atoms with Crippen LogP contribution in [0.2, 0.25) is 0 Å². The van der Waals surface area contributed by atoms with Crippen LogP contribution in [0.25, 0.3) is 0 Å². The summed E-state index contributed by atoms with van der Waals surface area (Å²) in [7, 11) is 3.33. The lowest BCUT2D eigenvalue weighted by Gasteiger charge is -2.32. The lowest BCUT2D eigenvalue weighted by Crippen LogP contribution is -2.28. The van der Waals surface area contributed by atoms with Crippen molar-refractivity contribution in [3.8, 4) is 11.5 Å². The first-order valence-corrected chi connectivity index (χ1v) is 6.33. The Hall–Kier alpha value is -1.26. The first-order chi connectivity index (χ1) is 8.80. The quantitative estimate of drug-likeness (QED) is 0.890. The minimum absolute atomic E-state index is 0.00815. The summed E-state index contributed by atoms with van der Waals surface area (Å²) < 4.78 is 16.6. The summed E-state index contributed by atoms with van der Waals surface area (Å²) in [5, 5.41) is 0. The molecule has 1 saturated heterocycles. The molecule has 4 nitrogen and oxygen atoms in total. The van der Waals surface area contributed by atoms with Crippen LogP contribution in [0.15, 0.2) is 18.2 Å². The predicted molar refractivity (Wildman–Crippen MR) is 70.0 cm³/mol. The molecule has 0 bridgehead atoms. The number of methoxy groups -OCH3 is 2. The van der Waals surface area contributed by atoms with Crippen LogP contribution in [-0.4, -0.2) is 27.4 Å². The first-order valence-electron chi connectivity index (χ1n) is 6.33. The van der Waals surface area contributed by atoms with Gasteiger partial charge in [0, 0.05) is 18.1 Å². The van der Waals surface area contributed by atoms with Gasteiger partial charge in [0.05, 0.1) is 20.3 Å². The van der Waals surface area contributed by atoms with E-state index in [9.17, 15) is 0 Å². The predicted octanol–water partition coefficient (Wildman–Crippen LogP) is 2.13. The number of hydrogen-bond donors (Lipinski definition) is 1. The molecule has 1 aromatic rings. The van der Waals surface area contributed by atoms with Gasteiger partial charge in [0.25, 0.3) is 0 Å². The minimum Gasteiger partial charge on any atom is -0.497 e. The molecule has 100 valence electrons. The number of hydrogen-bond acceptors (Lipinski definition) is 4. The number of benzene rings is 1. The highest BCUT2D eigenvalue weighted by Gasteiger charge is 2.29. The van der Waals surface area contributed by atoms with E-state index in [2.05, 4.69) is 0 Å². The Kier molecular flexibility index (Phi) is 4.44. The zero-order chi connectivity index (χ0) is 13.0. The maximum absolute atomic E-state index is 5.89. The van der Waals surface area contributed by atoms with Gasteiger partial charge in [0.2, 0.25) is 0 Å². The Morgan fingerprint density at radius 1 is 1.33 bits per heavy atom. The van der Waals surface area contributed by atoms with E-state index < -0.39 is 0 Å². The van der Waals surface area contributed by atoms with E-state index in [0.717, 1.165) is 36.5 Å². The van der Waals surface area contributed by atoms with E-state index in [0.29, 0.717) is 12.5 Å². The summed E-state index contributed by atoms with van der Waals surface area (Å²) in [6.45, 7) is 1.41. The third kappa shape index (κ3) is 2.60. The maximum Gasteiger partial charge on any atom is 0.124 e. The molecule has 2 N–H and O–H groups in total. The molecule has 4 heteroatoms. The molecule has 0 amide bonds. The first kappa shape index (κ1) is 13.2. The second-order valence-corrected chi connectivity index (χ2v) is 4.54. The Labute approximate surface area is 108 Å². The third-order valence-corrected chi connectivity index (χ3v) is 3.49. The molecule has 18 heavy (non-hydrogen) atoms. The van der Waals surface area contributed by atoms with Gasteiger partial charge in [-0.15, -0.1) is 0 Å². The van der Waals surface area contributed by atoms with E-state index in [4.69, 9.17) is 19.9 Å². The van der Waals surface area contributed by atoms with E-state index in [-0.39, 0.29) is 6.10 Å². The number of nitrogens with two attached hydrogens (primary N) is 1. The average Bonchev–Trinajstić information content (AvgIpc) is 2.46. The van der Waals surface area contributed by atoms with Crippen LogP contribution < -0.4 is 15.2 Å². The van der Waals surface area contributed by atoms with Gasteiger partial charge in [-0.1, -0.05) is 0 Å². The molecule has 1 fully saturated rings. The standard InChI is InChI=1S/C14H21NO3/c1-16-11-5-6-13(17-2)12(8-11)14-10(9-15)4-3-7-18-14/h5-6,8,10,14H,3-4,7,9,15H2,1-2H3. The van der Waals surface area contributed by atoms with Crippen molar-refractivity contribution < 1.29 is 14.2 Å². The van der Waals surface area contributed by atoms with Crippen molar-refractivity contribution >= 4 is 0 Å². The lowest BCUT2D eigenvalue weighted by molar-refractivity contribution is -0.0264. The van der Waals surface area contributed by atoms with Gasteiger partial charge < -0.3 is 19.9 Å². The van der Waals surface area contributed by atoms with Gasteiger partial charge >= 0.3 is 0 Å². The average molecular weight is 251 g/mol. The largest absolute Gasteiger partial charge is 0.497 e. The zero-order valence-corrected chi connectivity index (χ0v) is 11.0. The lowest BCUT2D eigenvalue weighted by atomic mass is 9.89. The molecule has 0 radical (unpaired) electrons. The molecule has 1 aliphatic rings. The van der Waals surface area contributed by atoms with Crippen LogP contribution in [0.1, 0.15) is 24.5 Å². The molecule has 0 aliphatic carbocycles. The zero-order valence-electron chi connectivity index (χ0n) is 11.0. The fourth-order valence-corrected chi connectivity index (χ4v) is 2.49. The van der Waals surface area contributed by atoms with Crippen LogP contribution in [0, 0.1) is 5.92 Å². The third-order valence-electron chi connectivity index (χ3n) is 3.49. The molecule has 0 aromatic heterocycles. The summed E-state index contributed by atoms with van der Waals surface area (Å²) >= 11 is 0. The fraction of sp³-hybridized carbons (Fsp3) is 0.571. The molecule has 2 rings (SSSR count). The van der Waals surface area contributed by atoms with E-state index in [1.807, 2.05) is 18.2 Å². The topological polar surface area (TPSA) is 53.7 Å². The normalized spacial score (nSPS) is 23.7. The molecule has 0 spiro atoms. The summed E-state index contributed by atoms with van der Waals surface area (Å²) in [6.07, 6.45) is 2.18. The molecular formula is C14H21NO3.